The fourth-order valence-electron chi connectivity index (χ4n) is 7.15. The Morgan fingerprint density at radius 2 is 1.81 bits per heavy atom. The van der Waals surface area contributed by atoms with Crippen LogP contribution >= 0.6 is 0 Å². The number of hydrogen-bond donors (Lipinski definition) is 0. The maximum atomic E-state index is 13.3. The van der Waals surface area contributed by atoms with E-state index < -0.39 is 0 Å². The number of esters is 1. The van der Waals surface area contributed by atoms with E-state index in [1.807, 2.05) is 11.8 Å². The average Bonchev–Trinajstić information content (AvgIpc) is 2.87. The Hall–Kier alpha value is -1.57. The highest BCUT2D eigenvalue weighted by atomic mass is 16.6. The van der Waals surface area contributed by atoms with Crippen molar-refractivity contribution < 1.29 is 14.3 Å². The third kappa shape index (κ3) is 3.15. The Bertz CT molecular complexity index is 668. The number of carbonyl (C=O) groups is 2. The lowest BCUT2D eigenvalue weighted by atomic mass is 9.47. The van der Waals surface area contributed by atoms with Crippen LogP contribution in [0.4, 0.5) is 0 Å². The lowest BCUT2D eigenvalue weighted by Gasteiger charge is -2.61. The SMILES string of the molecule is CCC(=O)OC12CC3CC(CC(CC(=O)N4C(C#N)CC(C)[C@@H]4C)(C3)C1)C2. The Morgan fingerprint density at radius 3 is 2.41 bits per heavy atom. The second-order valence-corrected chi connectivity index (χ2v) is 10.0. The van der Waals surface area contributed by atoms with Gasteiger partial charge in [0.1, 0.15) is 11.6 Å². The van der Waals surface area contributed by atoms with E-state index in [1.54, 1.807) is 0 Å². The molecule has 148 valence electrons. The number of likely N-dealkylation sites (tertiary alicyclic amines) is 1. The van der Waals surface area contributed by atoms with Crippen LogP contribution in [0.25, 0.3) is 0 Å². The van der Waals surface area contributed by atoms with Crippen molar-refractivity contribution in [3.8, 4) is 6.07 Å². The van der Waals surface area contributed by atoms with Gasteiger partial charge < -0.3 is 9.64 Å². The molecular formula is C22H32N2O3. The lowest BCUT2D eigenvalue weighted by molar-refractivity contribution is -0.203. The van der Waals surface area contributed by atoms with Crippen LogP contribution in [0, 0.1) is 34.5 Å². The van der Waals surface area contributed by atoms with Crippen molar-refractivity contribution in [3.05, 3.63) is 0 Å². The first-order valence-electron chi connectivity index (χ1n) is 10.7. The van der Waals surface area contributed by atoms with Gasteiger partial charge in [0.2, 0.25) is 5.91 Å². The van der Waals surface area contributed by atoms with Crippen LogP contribution in [0.15, 0.2) is 0 Å². The van der Waals surface area contributed by atoms with E-state index in [-0.39, 0.29) is 35.0 Å². The smallest absolute Gasteiger partial charge is 0.306 e. The molecule has 1 aliphatic heterocycles. The van der Waals surface area contributed by atoms with Gasteiger partial charge in [0.25, 0.3) is 0 Å². The zero-order valence-corrected chi connectivity index (χ0v) is 16.9. The number of hydrogen-bond acceptors (Lipinski definition) is 4. The molecule has 0 aromatic carbocycles. The summed E-state index contributed by atoms with van der Waals surface area (Å²) in [5.74, 6) is 1.55. The second-order valence-electron chi connectivity index (χ2n) is 10.0. The molecule has 5 nitrogen and oxygen atoms in total. The molecule has 4 aliphatic carbocycles. The van der Waals surface area contributed by atoms with Crippen LogP contribution in [0.2, 0.25) is 0 Å². The van der Waals surface area contributed by atoms with Gasteiger partial charge in [-0.2, -0.15) is 5.26 Å². The Labute approximate surface area is 162 Å². The van der Waals surface area contributed by atoms with E-state index in [9.17, 15) is 14.9 Å². The molecule has 5 heteroatoms. The zero-order chi connectivity index (χ0) is 19.4. The molecule has 0 aromatic heterocycles. The summed E-state index contributed by atoms with van der Waals surface area (Å²) in [6.45, 7) is 6.05. The quantitative estimate of drug-likeness (QED) is 0.704. The van der Waals surface area contributed by atoms with E-state index >= 15 is 0 Å². The van der Waals surface area contributed by atoms with E-state index in [1.165, 1.54) is 6.42 Å². The highest BCUT2D eigenvalue weighted by molar-refractivity contribution is 5.78. The fraction of sp³-hybridized carbons (Fsp3) is 0.864. The van der Waals surface area contributed by atoms with E-state index in [2.05, 4.69) is 19.9 Å². The van der Waals surface area contributed by atoms with E-state index in [0.717, 1.165) is 38.5 Å². The number of nitriles is 1. The summed E-state index contributed by atoms with van der Waals surface area (Å²) >= 11 is 0. The molecule has 1 heterocycles. The lowest BCUT2D eigenvalue weighted by Crippen LogP contribution is -2.58. The Morgan fingerprint density at radius 1 is 1.15 bits per heavy atom. The summed E-state index contributed by atoms with van der Waals surface area (Å²) in [4.78, 5) is 27.2. The maximum absolute atomic E-state index is 13.3. The summed E-state index contributed by atoms with van der Waals surface area (Å²) in [7, 11) is 0. The van der Waals surface area contributed by atoms with Crippen molar-refractivity contribution in [3.63, 3.8) is 0 Å². The van der Waals surface area contributed by atoms with Crippen LogP contribution in [0.3, 0.4) is 0 Å². The largest absolute Gasteiger partial charge is 0.459 e. The topological polar surface area (TPSA) is 70.4 Å². The first-order valence-corrected chi connectivity index (χ1v) is 10.7. The normalized spacial score (nSPS) is 45.0. The van der Waals surface area contributed by atoms with Crippen LogP contribution in [-0.2, 0) is 14.3 Å². The van der Waals surface area contributed by atoms with Gasteiger partial charge in [-0.05, 0) is 75.0 Å². The second kappa shape index (κ2) is 6.50. The van der Waals surface area contributed by atoms with Gasteiger partial charge >= 0.3 is 5.97 Å². The maximum Gasteiger partial charge on any atom is 0.306 e. The number of carbonyl (C=O) groups excluding carboxylic acids is 2. The van der Waals surface area contributed by atoms with Gasteiger partial charge in [-0.25, -0.2) is 0 Å². The summed E-state index contributed by atoms with van der Waals surface area (Å²) < 4.78 is 6.00. The summed E-state index contributed by atoms with van der Waals surface area (Å²) in [5, 5.41) is 9.52. The van der Waals surface area contributed by atoms with Crippen LogP contribution in [0.1, 0.15) is 78.6 Å². The molecule has 5 atom stereocenters. The van der Waals surface area contributed by atoms with Crippen LogP contribution in [-0.4, -0.2) is 34.5 Å². The van der Waals surface area contributed by atoms with E-state index in [4.69, 9.17) is 4.74 Å². The summed E-state index contributed by atoms with van der Waals surface area (Å²) in [6.07, 6.45) is 7.87. The van der Waals surface area contributed by atoms with Crippen molar-refractivity contribution in [1.29, 1.82) is 5.26 Å². The Kier molecular flexibility index (Phi) is 4.52. The van der Waals surface area contributed by atoms with Crippen molar-refractivity contribution in [1.82, 2.24) is 4.90 Å². The molecule has 27 heavy (non-hydrogen) atoms. The molecular weight excluding hydrogens is 340 g/mol. The summed E-state index contributed by atoms with van der Waals surface area (Å²) in [5.41, 5.74) is -0.378. The molecule has 5 aliphatic rings. The van der Waals surface area contributed by atoms with Crippen LogP contribution < -0.4 is 0 Å². The van der Waals surface area contributed by atoms with Crippen LogP contribution in [0.5, 0.6) is 0 Å². The monoisotopic (exact) mass is 372 g/mol. The van der Waals surface area contributed by atoms with Gasteiger partial charge in [0, 0.05) is 18.9 Å². The highest BCUT2D eigenvalue weighted by Crippen LogP contribution is 2.64. The molecule has 4 bridgehead atoms. The molecule has 1 saturated heterocycles. The van der Waals surface area contributed by atoms with Crippen molar-refractivity contribution in [2.24, 2.45) is 23.2 Å². The standard InChI is InChI=1S/C22H32N2O3/c1-4-20(26)27-22-9-16-6-17(10-22)8-21(7-16,13-22)11-19(25)24-15(3)14(2)5-18(24)12-23/h14-18H,4-11,13H2,1-3H3/t14?,15-,16?,17?,18?,21?,22?/m0/s1. The third-order valence-electron chi connectivity index (χ3n) is 7.90. The molecule has 1 amide bonds. The number of rotatable bonds is 4. The van der Waals surface area contributed by atoms with Crippen molar-refractivity contribution in [2.45, 2.75) is 96.2 Å². The molecule has 0 spiro atoms. The highest BCUT2D eigenvalue weighted by Gasteiger charge is 2.60. The molecule has 0 radical (unpaired) electrons. The predicted molar refractivity (Wildman–Crippen MR) is 100 cm³/mol. The first-order chi connectivity index (χ1) is 12.8. The van der Waals surface area contributed by atoms with Crippen molar-refractivity contribution in [2.75, 3.05) is 0 Å². The van der Waals surface area contributed by atoms with Gasteiger partial charge in [0.05, 0.1) is 6.07 Å². The van der Waals surface area contributed by atoms with Gasteiger partial charge in [0.15, 0.2) is 0 Å². The number of ether oxygens (including phenoxy) is 1. The third-order valence-corrected chi connectivity index (χ3v) is 7.90. The fourth-order valence-corrected chi connectivity index (χ4v) is 7.15. The Balaban J connectivity index is 1.54. The molecule has 5 fully saturated rings. The van der Waals surface area contributed by atoms with Gasteiger partial charge in [-0.3, -0.25) is 9.59 Å². The minimum absolute atomic E-state index is 0.0409. The first kappa shape index (κ1) is 18.8. The minimum Gasteiger partial charge on any atom is -0.459 e. The molecule has 4 saturated carbocycles. The zero-order valence-electron chi connectivity index (χ0n) is 16.9. The number of nitrogens with zero attached hydrogens (tertiary/aromatic N) is 2. The summed E-state index contributed by atoms with van der Waals surface area (Å²) in [6, 6.07) is 2.18. The molecule has 0 aromatic rings. The van der Waals surface area contributed by atoms with E-state index in [0.29, 0.717) is 30.6 Å². The predicted octanol–water partition coefficient (Wildman–Crippen LogP) is 3.82. The number of amides is 1. The van der Waals surface area contributed by atoms with Gasteiger partial charge in [-0.1, -0.05) is 13.8 Å². The molecule has 4 unspecified atom stereocenters. The molecule has 5 rings (SSSR count). The minimum atomic E-state index is -0.337. The van der Waals surface area contributed by atoms with Crippen molar-refractivity contribution >= 4 is 11.9 Å². The van der Waals surface area contributed by atoms with Gasteiger partial charge in [-0.15, -0.1) is 0 Å². The molecule has 0 N–H and O–H groups in total. The average molecular weight is 373 g/mol.